The highest BCUT2D eigenvalue weighted by atomic mass is 16.5. The number of rotatable bonds is 7. The number of aryl methyl sites for hydroxylation is 1. The monoisotopic (exact) mass is 394 g/mol. The second kappa shape index (κ2) is 9.33. The third kappa shape index (κ3) is 5.41. The molecule has 1 spiro atoms. The fourth-order valence-corrected chi connectivity index (χ4v) is 5.05. The fourth-order valence-electron chi connectivity index (χ4n) is 5.05. The molecule has 5 nitrogen and oxygen atoms in total. The van der Waals surface area contributed by atoms with Crippen LogP contribution in [0.2, 0.25) is 0 Å². The second-order valence-electron chi connectivity index (χ2n) is 9.01. The molecule has 0 amide bonds. The van der Waals surface area contributed by atoms with Gasteiger partial charge in [0.15, 0.2) is 0 Å². The molecule has 2 aliphatic rings. The van der Waals surface area contributed by atoms with Gasteiger partial charge in [-0.15, -0.1) is 0 Å². The van der Waals surface area contributed by atoms with Crippen LogP contribution in [-0.4, -0.2) is 59.7 Å². The Morgan fingerprint density at radius 2 is 1.76 bits per heavy atom. The van der Waals surface area contributed by atoms with Crippen molar-refractivity contribution in [2.45, 2.75) is 45.7 Å². The first-order valence-corrected chi connectivity index (χ1v) is 10.9. The van der Waals surface area contributed by atoms with Crippen LogP contribution in [0.4, 0.5) is 0 Å². The van der Waals surface area contributed by atoms with Crippen molar-refractivity contribution in [2.75, 3.05) is 39.9 Å². The van der Waals surface area contributed by atoms with Gasteiger partial charge in [-0.2, -0.15) is 0 Å². The summed E-state index contributed by atoms with van der Waals surface area (Å²) in [4.78, 5) is 14.3. The van der Waals surface area contributed by atoms with Crippen LogP contribution in [0.25, 0.3) is 0 Å². The number of aromatic nitrogens is 2. The van der Waals surface area contributed by atoms with E-state index in [9.17, 15) is 0 Å². The topological polar surface area (TPSA) is 41.5 Å². The van der Waals surface area contributed by atoms with E-state index in [1.165, 1.54) is 62.1 Å². The van der Waals surface area contributed by atoms with Crippen LogP contribution in [0.1, 0.15) is 41.8 Å². The van der Waals surface area contributed by atoms with Crippen LogP contribution < -0.4 is 0 Å². The van der Waals surface area contributed by atoms with E-state index in [4.69, 9.17) is 4.74 Å². The Balaban J connectivity index is 1.32. The number of hydrogen-bond acceptors (Lipinski definition) is 5. The molecule has 4 rings (SSSR count). The maximum absolute atomic E-state index is 5.11. The third-order valence-corrected chi connectivity index (χ3v) is 6.44. The van der Waals surface area contributed by atoms with Crippen molar-refractivity contribution in [3.05, 3.63) is 59.2 Å². The standard InChI is InChI=1S/C24H34N4O/c1-20-5-3-6-21(13-20)16-27-10-4-8-24(18-27)9-11-28(19-24)17-22-14-25-23(26-15-22)7-12-29-2/h3,5-6,13-15H,4,7-12,16-19H2,1-2H3. The Morgan fingerprint density at radius 1 is 1.00 bits per heavy atom. The highest BCUT2D eigenvalue weighted by Gasteiger charge is 2.41. The van der Waals surface area contributed by atoms with Gasteiger partial charge in [-0.25, -0.2) is 9.97 Å². The number of hydrogen-bond donors (Lipinski definition) is 0. The molecular weight excluding hydrogens is 360 g/mol. The van der Waals surface area contributed by atoms with E-state index >= 15 is 0 Å². The summed E-state index contributed by atoms with van der Waals surface area (Å²) in [5.74, 6) is 0.868. The molecule has 1 unspecified atom stereocenters. The zero-order valence-corrected chi connectivity index (χ0v) is 17.9. The Bertz CT molecular complexity index is 794. The molecule has 2 aromatic rings. The minimum Gasteiger partial charge on any atom is -0.384 e. The lowest BCUT2D eigenvalue weighted by Crippen LogP contribution is -2.44. The molecule has 1 atom stereocenters. The molecule has 0 aliphatic carbocycles. The van der Waals surface area contributed by atoms with Crippen molar-refractivity contribution < 1.29 is 4.74 Å². The van der Waals surface area contributed by atoms with Gasteiger partial charge in [-0.05, 0) is 50.3 Å². The molecule has 156 valence electrons. The van der Waals surface area contributed by atoms with E-state index in [0.29, 0.717) is 12.0 Å². The molecule has 0 N–H and O–H groups in total. The van der Waals surface area contributed by atoms with Gasteiger partial charge in [0.2, 0.25) is 0 Å². The minimum absolute atomic E-state index is 0.460. The first-order valence-electron chi connectivity index (χ1n) is 10.9. The molecule has 0 bridgehead atoms. The number of ether oxygens (including phenoxy) is 1. The summed E-state index contributed by atoms with van der Waals surface area (Å²) in [7, 11) is 1.71. The summed E-state index contributed by atoms with van der Waals surface area (Å²) in [6.07, 6.45) is 8.75. The largest absolute Gasteiger partial charge is 0.384 e. The molecule has 2 saturated heterocycles. The van der Waals surface area contributed by atoms with Gasteiger partial charge in [-0.1, -0.05) is 29.8 Å². The average Bonchev–Trinajstić information content (AvgIpc) is 3.09. The van der Waals surface area contributed by atoms with Crippen molar-refractivity contribution in [1.29, 1.82) is 0 Å². The normalized spacial score (nSPS) is 23.1. The lowest BCUT2D eigenvalue weighted by atomic mass is 9.79. The van der Waals surface area contributed by atoms with Gasteiger partial charge in [-0.3, -0.25) is 9.80 Å². The molecule has 1 aromatic heterocycles. The number of benzene rings is 1. The molecule has 0 saturated carbocycles. The van der Waals surface area contributed by atoms with Crippen LogP contribution in [0.3, 0.4) is 0 Å². The van der Waals surface area contributed by atoms with Gasteiger partial charge in [0, 0.05) is 57.7 Å². The molecule has 5 heteroatoms. The van der Waals surface area contributed by atoms with Crippen molar-refractivity contribution in [2.24, 2.45) is 5.41 Å². The van der Waals surface area contributed by atoms with E-state index < -0.39 is 0 Å². The number of nitrogens with zero attached hydrogens (tertiary/aromatic N) is 4. The maximum Gasteiger partial charge on any atom is 0.130 e. The molecule has 2 fully saturated rings. The minimum atomic E-state index is 0.460. The summed E-state index contributed by atoms with van der Waals surface area (Å²) < 4.78 is 5.11. The van der Waals surface area contributed by atoms with Crippen LogP contribution in [0.15, 0.2) is 36.7 Å². The Kier molecular flexibility index (Phi) is 6.58. The average molecular weight is 395 g/mol. The van der Waals surface area contributed by atoms with Crippen LogP contribution in [0, 0.1) is 12.3 Å². The van der Waals surface area contributed by atoms with Gasteiger partial charge in [0.05, 0.1) is 6.61 Å². The lowest BCUT2D eigenvalue weighted by molar-refractivity contribution is 0.0866. The van der Waals surface area contributed by atoms with Crippen LogP contribution in [-0.2, 0) is 24.2 Å². The number of likely N-dealkylation sites (tertiary alicyclic amines) is 2. The van der Waals surface area contributed by atoms with E-state index in [-0.39, 0.29) is 0 Å². The quantitative estimate of drug-likeness (QED) is 0.719. The lowest BCUT2D eigenvalue weighted by Gasteiger charge is -2.40. The van der Waals surface area contributed by atoms with Gasteiger partial charge >= 0.3 is 0 Å². The zero-order chi connectivity index (χ0) is 20.1. The molecule has 3 heterocycles. The SMILES string of the molecule is COCCc1ncc(CN2CCC3(CCCN(Cc4cccc(C)c4)C3)C2)cn1. The summed E-state index contributed by atoms with van der Waals surface area (Å²) in [6, 6.07) is 8.97. The highest BCUT2D eigenvalue weighted by Crippen LogP contribution is 2.39. The predicted octanol–water partition coefficient (Wildman–Crippen LogP) is 3.46. The molecule has 1 aromatic carbocycles. The summed E-state index contributed by atoms with van der Waals surface area (Å²) >= 11 is 0. The van der Waals surface area contributed by atoms with Crippen LogP contribution in [0.5, 0.6) is 0 Å². The second-order valence-corrected chi connectivity index (χ2v) is 9.01. The van der Waals surface area contributed by atoms with Crippen LogP contribution >= 0.6 is 0 Å². The van der Waals surface area contributed by atoms with E-state index in [1.54, 1.807) is 7.11 Å². The fraction of sp³-hybridized carbons (Fsp3) is 0.583. The molecule has 0 radical (unpaired) electrons. The molecule has 2 aliphatic heterocycles. The van der Waals surface area contributed by atoms with Crippen molar-refractivity contribution in [3.8, 4) is 0 Å². The Morgan fingerprint density at radius 3 is 2.52 bits per heavy atom. The Labute approximate surface area is 175 Å². The van der Waals surface area contributed by atoms with E-state index in [1.807, 2.05) is 12.4 Å². The smallest absolute Gasteiger partial charge is 0.130 e. The predicted molar refractivity (Wildman–Crippen MR) is 116 cm³/mol. The van der Waals surface area contributed by atoms with E-state index in [2.05, 4.69) is 51.0 Å². The Hall–Kier alpha value is -1.82. The van der Waals surface area contributed by atoms with Gasteiger partial charge < -0.3 is 4.74 Å². The van der Waals surface area contributed by atoms with E-state index in [0.717, 1.165) is 25.3 Å². The summed E-state index contributed by atoms with van der Waals surface area (Å²) in [5, 5.41) is 0. The highest BCUT2D eigenvalue weighted by molar-refractivity contribution is 5.22. The van der Waals surface area contributed by atoms with Crippen molar-refractivity contribution >= 4 is 0 Å². The maximum atomic E-state index is 5.11. The van der Waals surface area contributed by atoms with Gasteiger partial charge in [0.1, 0.15) is 5.82 Å². The third-order valence-electron chi connectivity index (χ3n) is 6.44. The number of piperidine rings is 1. The number of methoxy groups -OCH3 is 1. The van der Waals surface area contributed by atoms with Crippen molar-refractivity contribution in [1.82, 2.24) is 19.8 Å². The van der Waals surface area contributed by atoms with Gasteiger partial charge in [0.25, 0.3) is 0 Å². The summed E-state index contributed by atoms with van der Waals surface area (Å²) in [5.41, 5.74) is 4.48. The van der Waals surface area contributed by atoms with Crippen molar-refractivity contribution in [3.63, 3.8) is 0 Å². The molecular formula is C24H34N4O. The summed E-state index contributed by atoms with van der Waals surface area (Å²) in [6.45, 7) is 9.74. The first kappa shape index (κ1) is 20.5. The zero-order valence-electron chi connectivity index (χ0n) is 17.9. The molecule has 29 heavy (non-hydrogen) atoms. The first-order chi connectivity index (χ1) is 14.1.